The van der Waals surface area contributed by atoms with E-state index >= 15 is 0 Å². The minimum absolute atomic E-state index is 0.0363. The Hall–Kier alpha value is -2.40. The molecule has 1 amide bonds. The number of methoxy groups -OCH3 is 1. The molecule has 2 aromatic rings. The van der Waals surface area contributed by atoms with E-state index in [1.165, 1.54) is 12.1 Å². The van der Waals surface area contributed by atoms with Crippen molar-refractivity contribution in [2.75, 3.05) is 20.8 Å². The van der Waals surface area contributed by atoms with Crippen molar-refractivity contribution in [3.8, 4) is 5.75 Å². The highest BCUT2D eigenvalue weighted by atomic mass is 19.1. The molecule has 0 aliphatic heterocycles. The van der Waals surface area contributed by atoms with Crippen LogP contribution in [-0.4, -0.2) is 36.7 Å². The number of aliphatic hydroxyl groups is 1. The number of carbonyl (C=O) groups excluding carboxylic acids is 1. The van der Waals surface area contributed by atoms with E-state index in [-0.39, 0.29) is 30.7 Å². The number of nitrogens with zero attached hydrogens (tertiary/aromatic N) is 1. The molecule has 2 atom stereocenters. The fraction of sp³-hybridized carbons (Fsp3) is 0.350. The highest BCUT2D eigenvalue weighted by Gasteiger charge is 2.23. The predicted molar refractivity (Wildman–Crippen MR) is 95.0 cm³/mol. The van der Waals surface area contributed by atoms with Gasteiger partial charge in [0.15, 0.2) is 0 Å². The van der Waals surface area contributed by atoms with E-state index < -0.39 is 6.04 Å². The fourth-order valence-electron chi connectivity index (χ4n) is 2.77. The lowest BCUT2D eigenvalue weighted by molar-refractivity contribution is -0.133. The third-order valence-corrected chi connectivity index (χ3v) is 4.45. The Kier molecular flexibility index (Phi) is 6.53. The van der Waals surface area contributed by atoms with Crippen LogP contribution in [0.1, 0.15) is 36.4 Å². The van der Waals surface area contributed by atoms with Gasteiger partial charge in [-0.25, -0.2) is 4.39 Å². The molecule has 2 aromatic carbocycles. The van der Waals surface area contributed by atoms with Crippen molar-refractivity contribution in [2.45, 2.75) is 25.3 Å². The number of rotatable bonds is 7. The van der Waals surface area contributed by atoms with Gasteiger partial charge in [-0.15, -0.1) is 0 Å². The Morgan fingerprint density at radius 2 is 1.68 bits per heavy atom. The molecule has 1 N–H and O–H groups in total. The number of carbonyl (C=O) groups is 1. The summed E-state index contributed by atoms with van der Waals surface area (Å²) in [5, 5.41) is 9.74. The molecule has 0 aliphatic rings. The molecule has 0 aromatic heterocycles. The SMILES string of the molecule is COc1ccc(C(CO)N(C)C(=O)CC(C)c2ccc(F)cc2)cc1. The molecular weight excluding hydrogens is 321 g/mol. The number of hydrogen-bond acceptors (Lipinski definition) is 3. The minimum Gasteiger partial charge on any atom is -0.497 e. The maximum atomic E-state index is 13.0. The molecule has 0 fully saturated rings. The summed E-state index contributed by atoms with van der Waals surface area (Å²) in [7, 11) is 3.27. The number of ether oxygens (including phenoxy) is 1. The van der Waals surface area contributed by atoms with Crippen LogP contribution in [0.25, 0.3) is 0 Å². The smallest absolute Gasteiger partial charge is 0.223 e. The number of hydrogen-bond donors (Lipinski definition) is 1. The van der Waals surface area contributed by atoms with Crippen molar-refractivity contribution in [1.29, 1.82) is 0 Å². The highest BCUT2D eigenvalue weighted by molar-refractivity contribution is 5.77. The number of likely N-dealkylation sites (N-methyl/N-ethyl adjacent to an activating group) is 1. The maximum Gasteiger partial charge on any atom is 0.223 e. The molecule has 134 valence electrons. The molecule has 0 aliphatic carbocycles. The molecule has 0 radical (unpaired) electrons. The van der Waals surface area contributed by atoms with E-state index in [2.05, 4.69) is 0 Å². The first kappa shape index (κ1) is 18.9. The fourth-order valence-corrected chi connectivity index (χ4v) is 2.77. The zero-order chi connectivity index (χ0) is 18.4. The van der Waals surface area contributed by atoms with Gasteiger partial charge in [0, 0.05) is 13.5 Å². The van der Waals surface area contributed by atoms with Crippen LogP contribution in [0, 0.1) is 5.82 Å². The van der Waals surface area contributed by atoms with E-state index in [0.717, 1.165) is 16.9 Å². The summed E-state index contributed by atoms with van der Waals surface area (Å²) in [5.41, 5.74) is 1.75. The van der Waals surface area contributed by atoms with Gasteiger partial charge in [-0.1, -0.05) is 31.2 Å². The molecule has 0 bridgehead atoms. The van der Waals surface area contributed by atoms with Crippen molar-refractivity contribution >= 4 is 5.91 Å². The van der Waals surface area contributed by atoms with Gasteiger partial charge in [-0.3, -0.25) is 4.79 Å². The summed E-state index contributed by atoms with van der Waals surface area (Å²) in [6.45, 7) is 1.76. The largest absolute Gasteiger partial charge is 0.497 e. The lowest BCUT2D eigenvalue weighted by Gasteiger charge is -2.28. The normalized spacial score (nSPS) is 13.2. The third kappa shape index (κ3) is 4.79. The number of amides is 1. The van der Waals surface area contributed by atoms with E-state index in [9.17, 15) is 14.3 Å². The van der Waals surface area contributed by atoms with E-state index in [1.54, 1.807) is 43.3 Å². The monoisotopic (exact) mass is 345 g/mol. The Morgan fingerprint density at radius 1 is 1.12 bits per heavy atom. The first-order valence-corrected chi connectivity index (χ1v) is 8.22. The van der Waals surface area contributed by atoms with Gasteiger partial charge in [0.05, 0.1) is 19.8 Å². The van der Waals surface area contributed by atoms with Gasteiger partial charge in [0.1, 0.15) is 11.6 Å². The number of benzene rings is 2. The molecule has 2 unspecified atom stereocenters. The highest BCUT2D eigenvalue weighted by Crippen LogP contribution is 2.25. The summed E-state index contributed by atoms with van der Waals surface area (Å²) < 4.78 is 18.2. The van der Waals surface area contributed by atoms with Crippen LogP contribution in [0.15, 0.2) is 48.5 Å². The van der Waals surface area contributed by atoms with Crippen LogP contribution in [0.3, 0.4) is 0 Å². The van der Waals surface area contributed by atoms with Gasteiger partial charge < -0.3 is 14.7 Å². The lowest BCUT2D eigenvalue weighted by Crippen LogP contribution is -2.33. The predicted octanol–water partition coefficient (Wildman–Crippen LogP) is 3.52. The summed E-state index contributed by atoms with van der Waals surface area (Å²) >= 11 is 0. The van der Waals surface area contributed by atoms with E-state index in [4.69, 9.17) is 4.74 Å². The van der Waals surface area contributed by atoms with E-state index in [0.29, 0.717) is 0 Å². The van der Waals surface area contributed by atoms with Gasteiger partial charge >= 0.3 is 0 Å². The van der Waals surface area contributed by atoms with Crippen molar-refractivity contribution in [2.24, 2.45) is 0 Å². The Morgan fingerprint density at radius 3 is 2.20 bits per heavy atom. The molecule has 2 rings (SSSR count). The Bertz CT molecular complexity index is 685. The molecule has 0 heterocycles. The Labute approximate surface area is 147 Å². The molecule has 0 saturated heterocycles. The van der Waals surface area contributed by atoms with Crippen LogP contribution in [0.2, 0.25) is 0 Å². The molecule has 0 spiro atoms. The first-order chi connectivity index (χ1) is 12.0. The van der Waals surface area contributed by atoms with Crippen molar-refractivity contribution in [1.82, 2.24) is 4.90 Å². The van der Waals surface area contributed by atoms with Crippen LogP contribution in [0.4, 0.5) is 4.39 Å². The standard InChI is InChI=1S/C20H24FNO3/c1-14(15-4-8-17(21)9-5-15)12-20(24)22(2)19(13-23)16-6-10-18(25-3)11-7-16/h4-11,14,19,23H,12-13H2,1-3H3. The van der Waals surface area contributed by atoms with Crippen LogP contribution in [-0.2, 0) is 4.79 Å². The molecule has 4 nitrogen and oxygen atoms in total. The third-order valence-electron chi connectivity index (χ3n) is 4.45. The summed E-state index contributed by atoms with van der Waals surface area (Å²) in [5.74, 6) is 0.316. The minimum atomic E-state index is -0.418. The maximum absolute atomic E-state index is 13.0. The zero-order valence-electron chi connectivity index (χ0n) is 14.8. The molecule has 25 heavy (non-hydrogen) atoms. The zero-order valence-corrected chi connectivity index (χ0v) is 14.8. The van der Waals surface area contributed by atoms with Gasteiger partial charge in [-0.05, 0) is 41.3 Å². The van der Waals surface area contributed by atoms with Crippen molar-refractivity contribution < 1.29 is 19.0 Å². The molecular formula is C20H24FNO3. The molecule has 5 heteroatoms. The summed E-state index contributed by atoms with van der Waals surface area (Å²) in [6, 6.07) is 13.1. The van der Waals surface area contributed by atoms with Crippen LogP contribution >= 0.6 is 0 Å². The first-order valence-electron chi connectivity index (χ1n) is 8.22. The second kappa shape index (κ2) is 8.62. The quantitative estimate of drug-likeness (QED) is 0.835. The Balaban J connectivity index is 2.06. The van der Waals surface area contributed by atoms with Gasteiger partial charge in [0.2, 0.25) is 5.91 Å². The molecule has 0 saturated carbocycles. The average molecular weight is 345 g/mol. The van der Waals surface area contributed by atoms with Crippen molar-refractivity contribution in [3.63, 3.8) is 0 Å². The van der Waals surface area contributed by atoms with Crippen LogP contribution in [0.5, 0.6) is 5.75 Å². The summed E-state index contributed by atoms with van der Waals surface area (Å²) in [6.07, 6.45) is 0.286. The average Bonchev–Trinajstić information content (AvgIpc) is 2.63. The number of halogens is 1. The number of aliphatic hydroxyl groups excluding tert-OH is 1. The van der Waals surface area contributed by atoms with Gasteiger partial charge in [0.25, 0.3) is 0 Å². The van der Waals surface area contributed by atoms with Crippen molar-refractivity contribution in [3.05, 3.63) is 65.5 Å². The second-order valence-electron chi connectivity index (χ2n) is 6.13. The lowest BCUT2D eigenvalue weighted by atomic mass is 9.96. The topological polar surface area (TPSA) is 49.8 Å². The van der Waals surface area contributed by atoms with E-state index in [1.807, 2.05) is 19.1 Å². The summed E-state index contributed by atoms with van der Waals surface area (Å²) in [4.78, 5) is 14.2. The van der Waals surface area contributed by atoms with Gasteiger partial charge in [-0.2, -0.15) is 0 Å². The second-order valence-corrected chi connectivity index (χ2v) is 6.13. The van der Waals surface area contributed by atoms with Crippen LogP contribution < -0.4 is 4.74 Å².